The number of nitrogens with one attached hydrogen (secondary N) is 2. The van der Waals surface area contributed by atoms with E-state index in [2.05, 4.69) is 20.4 Å². The van der Waals surface area contributed by atoms with E-state index in [1.54, 1.807) is 18.2 Å². The highest BCUT2D eigenvalue weighted by atomic mass is 16.6. The summed E-state index contributed by atoms with van der Waals surface area (Å²) in [5, 5.41) is 6.34. The molecule has 1 aromatic heterocycles. The number of rotatable bonds is 8. The molecule has 51 heavy (non-hydrogen) atoms. The molecule has 4 aliphatic rings. The number of pyridine rings is 1. The zero-order valence-corrected chi connectivity index (χ0v) is 29.0. The Balaban J connectivity index is 1.32. The van der Waals surface area contributed by atoms with E-state index < -0.39 is 47.4 Å². The van der Waals surface area contributed by atoms with Gasteiger partial charge in [0, 0.05) is 29.9 Å². The van der Waals surface area contributed by atoms with Gasteiger partial charge >= 0.3 is 12.3 Å². The number of amides is 3. The fraction of sp³-hybridized carbons (Fsp3) is 0.541. The molecule has 14 nitrogen and oxygen atoms in total. The van der Waals surface area contributed by atoms with E-state index in [1.807, 2.05) is 12.2 Å². The number of methoxy groups -OCH3 is 1. The third kappa shape index (κ3) is 7.96. The van der Waals surface area contributed by atoms with Gasteiger partial charge in [0.05, 0.1) is 19.2 Å². The summed E-state index contributed by atoms with van der Waals surface area (Å²) in [5.74, 6) is -1.13. The van der Waals surface area contributed by atoms with Gasteiger partial charge in [-0.25, -0.2) is 9.78 Å². The summed E-state index contributed by atoms with van der Waals surface area (Å²) in [7, 11) is 1.50. The zero-order chi connectivity index (χ0) is 36.1. The third-order valence-electron chi connectivity index (χ3n) is 10.4. The summed E-state index contributed by atoms with van der Waals surface area (Å²) in [6.45, 7) is 1.45. The fourth-order valence-corrected chi connectivity index (χ4v) is 7.50. The van der Waals surface area contributed by atoms with E-state index in [4.69, 9.17) is 19.7 Å². The van der Waals surface area contributed by atoms with Crippen molar-refractivity contribution in [2.24, 2.45) is 5.92 Å². The highest BCUT2D eigenvalue weighted by Gasteiger charge is 2.59. The van der Waals surface area contributed by atoms with Gasteiger partial charge in [0.2, 0.25) is 11.8 Å². The molecule has 5 atom stereocenters. The molecule has 2 N–H and O–H groups in total. The van der Waals surface area contributed by atoms with E-state index in [1.165, 1.54) is 25.0 Å². The molecule has 1 aromatic carbocycles. The first-order chi connectivity index (χ1) is 24.6. The highest BCUT2D eigenvalue weighted by molar-refractivity contribution is 6.33. The first-order valence-electron chi connectivity index (χ1n) is 17.8. The first-order valence-corrected chi connectivity index (χ1v) is 17.8. The molecular weight excluding hydrogens is 656 g/mol. The molecule has 2 saturated carbocycles. The number of aromatic nitrogens is 1. The van der Waals surface area contributed by atoms with Crippen LogP contribution in [0.1, 0.15) is 88.0 Å². The lowest BCUT2D eigenvalue weighted by Gasteiger charge is -2.29. The van der Waals surface area contributed by atoms with Crippen LogP contribution in [0.5, 0.6) is 11.5 Å². The number of fused-ring (bicyclic) bond motifs is 3. The number of alkyl carbamates (subject to hydrolysis) is 1. The maximum Gasteiger partial charge on any atom is 0.408 e. The molecule has 2 aliphatic carbocycles. The maximum atomic E-state index is 14.4. The van der Waals surface area contributed by atoms with Crippen molar-refractivity contribution in [1.29, 1.82) is 0 Å². The molecule has 1 saturated heterocycles. The van der Waals surface area contributed by atoms with Crippen molar-refractivity contribution in [3.8, 4) is 11.5 Å². The van der Waals surface area contributed by atoms with E-state index in [9.17, 15) is 24.0 Å². The van der Waals surface area contributed by atoms with Crippen molar-refractivity contribution in [2.75, 3.05) is 13.7 Å². The molecule has 2 aromatic rings. The Morgan fingerprint density at radius 1 is 1.08 bits per heavy atom. The summed E-state index contributed by atoms with van der Waals surface area (Å²) in [4.78, 5) is 75.9. The molecule has 1 unspecified atom stereocenters. The van der Waals surface area contributed by atoms with Gasteiger partial charge in [-0.3, -0.25) is 19.2 Å². The SMILES string of the molecule is COc1ccc2c(O[C@@H]3C[C@H]4C(=O)N[C@]5(C(C)=O)CC5/C=C\CCCCC[C@H](NC(=O)OC5CCCC5)C(=O)N4C3)cc(C(=O)C=[N+]=[N-])nc2c1. The van der Waals surface area contributed by atoms with E-state index in [0.717, 1.165) is 51.2 Å². The van der Waals surface area contributed by atoms with Crippen molar-refractivity contribution >= 4 is 46.6 Å². The van der Waals surface area contributed by atoms with Crippen LogP contribution in [-0.4, -0.2) is 93.8 Å². The molecule has 14 heteroatoms. The molecular formula is C37H44N6O8. The summed E-state index contributed by atoms with van der Waals surface area (Å²) in [6, 6.07) is 4.54. The fourth-order valence-electron chi connectivity index (χ4n) is 7.50. The predicted octanol–water partition coefficient (Wildman–Crippen LogP) is 4.10. The lowest BCUT2D eigenvalue weighted by molar-refractivity contribution is -0.141. The van der Waals surface area contributed by atoms with Gasteiger partial charge in [-0.05, 0) is 70.4 Å². The van der Waals surface area contributed by atoms with Crippen LogP contribution < -0.4 is 20.1 Å². The minimum absolute atomic E-state index is 0.00940. The van der Waals surface area contributed by atoms with Gasteiger partial charge in [-0.2, -0.15) is 4.79 Å². The largest absolute Gasteiger partial charge is 0.497 e. The minimum Gasteiger partial charge on any atom is -0.497 e. The number of ketones is 2. The second kappa shape index (κ2) is 15.4. The second-order valence-corrected chi connectivity index (χ2v) is 13.9. The maximum absolute atomic E-state index is 14.4. The predicted molar refractivity (Wildman–Crippen MR) is 184 cm³/mol. The van der Waals surface area contributed by atoms with Crippen LogP contribution in [0, 0.1) is 5.92 Å². The topological polar surface area (TPSA) is 190 Å². The summed E-state index contributed by atoms with van der Waals surface area (Å²) in [6.07, 6.45) is 10.8. The van der Waals surface area contributed by atoms with Crippen molar-refractivity contribution in [3.05, 3.63) is 47.6 Å². The van der Waals surface area contributed by atoms with Crippen molar-refractivity contribution in [1.82, 2.24) is 20.5 Å². The molecule has 2 aliphatic heterocycles. The molecule has 0 spiro atoms. The number of hydrogen-bond donors (Lipinski definition) is 2. The van der Waals surface area contributed by atoms with Crippen LogP contribution in [-0.2, 0) is 19.1 Å². The molecule has 3 fully saturated rings. The van der Waals surface area contributed by atoms with E-state index in [-0.39, 0.29) is 42.2 Å². The van der Waals surface area contributed by atoms with Crippen LogP contribution >= 0.6 is 0 Å². The minimum atomic E-state index is -1.05. The molecule has 6 rings (SSSR count). The van der Waals surface area contributed by atoms with Gasteiger partial charge < -0.3 is 35.3 Å². The molecule has 0 radical (unpaired) electrons. The normalized spacial score (nSPS) is 27.5. The Hall–Kier alpha value is -5.10. The monoisotopic (exact) mass is 700 g/mol. The van der Waals surface area contributed by atoms with Crippen LogP contribution in [0.25, 0.3) is 16.4 Å². The Kier molecular flexibility index (Phi) is 10.8. The number of Topliss-reactive ketones (excluding diaryl/α,β-unsaturated/α-hetero) is 2. The molecule has 3 heterocycles. The van der Waals surface area contributed by atoms with Gasteiger partial charge in [0.25, 0.3) is 5.78 Å². The average Bonchev–Trinajstić information content (AvgIpc) is 3.38. The number of nitrogens with zero attached hydrogens (tertiary/aromatic N) is 4. The van der Waals surface area contributed by atoms with Gasteiger partial charge in [-0.1, -0.05) is 25.0 Å². The number of hydrogen-bond acceptors (Lipinski definition) is 9. The van der Waals surface area contributed by atoms with Crippen LogP contribution in [0.4, 0.5) is 4.79 Å². The van der Waals surface area contributed by atoms with Crippen LogP contribution in [0.15, 0.2) is 36.4 Å². The first kappa shape index (κ1) is 35.7. The summed E-state index contributed by atoms with van der Waals surface area (Å²) < 4.78 is 17.5. The number of carbonyl (C=O) groups excluding carboxylic acids is 5. The lowest BCUT2D eigenvalue weighted by atomic mass is 10.0. The quantitative estimate of drug-likeness (QED) is 0.134. The summed E-state index contributed by atoms with van der Waals surface area (Å²) in [5.41, 5.74) is 8.27. The van der Waals surface area contributed by atoms with E-state index >= 15 is 0 Å². The molecule has 3 amide bonds. The number of carbonyl (C=O) groups is 5. The van der Waals surface area contributed by atoms with Crippen molar-refractivity contribution in [2.45, 2.75) is 107 Å². The number of benzene rings is 1. The highest BCUT2D eigenvalue weighted by Crippen LogP contribution is 2.46. The Morgan fingerprint density at radius 3 is 2.61 bits per heavy atom. The second-order valence-electron chi connectivity index (χ2n) is 13.9. The third-order valence-corrected chi connectivity index (χ3v) is 10.4. The van der Waals surface area contributed by atoms with E-state index in [0.29, 0.717) is 35.9 Å². The lowest BCUT2D eigenvalue weighted by Crippen LogP contribution is -2.56. The Bertz CT molecular complexity index is 1780. The average molecular weight is 701 g/mol. The van der Waals surface area contributed by atoms with Gasteiger partial charge in [-0.15, -0.1) is 0 Å². The van der Waals surface area contributed by atoms with Gasteiger partial charge in [0.15, 0.2) is 5.78 Å². The number of allylic oxidation sites excluding steroid dienone is 1. The van der Waals surface area contributed by atoms with Crippen molar-refractivity contribution in [3.63, 3.8) is 0 Å². The standard InChI is InChI=1S/C37H44N6O8/c1-22(44)37-19-23(37)10-6-4-3-5-7-13-28(41-36(48)51-24-11-8-9-12-24)35(47)43-21-26(17-31(43)34(46)42-37)50-33-18-30(32(45)20-39-38)40-29-16-25(49-2)14-15-27(29)33/h6,10,14-16,18,20,23-24,26,28,31H,3-5,7-9,11-13,17,19,21H2,1-2H3,(H,41,48)(H,42,46)/b10-6-/t23?,26-,28+,31+,37+/m1/s1. The van der Waals surface area contributed by atoms with Gasteiger partial charge in [0.1, 0.15) is 47.0 Å². The molecule has 270 valence electrons. The smallest absolute Gasteiger partial charge is 0.408 e. The zero-order valence-electron chi connectivity index (χ0n) is 29.0. The van der Waals surface area contributed by atoms with Crippen LogP contribution in [0.2, 0.25) is 0 Å². The summed E-state index contributed by atoms with van der Waals surface area (Å²) >= 11 is 0. The number of ether oxygens (including phenoxy) is 3. The van der Waals surface area contributed by atoms with Crippen molar-refractivity contribution < 1.29 is 43.0 Å². The Morgan fingerprint density at radius 2 is 1.86 bits per heavy atom. The van der Waals surface area contributed by atoms with Crippen LogP contribution in [0.3, 0.4) is 0 Å². The molecule has 0 bridgehead atoms. The Labute approximate surface area is 295 Å².